The van der Waals surface area contributed by atoms with Crippen molar-refractivity contribution in [3.63, 3.8) is 0 Å². The van der Waals surface area contributed by atoms with Crippen molar-refractivity contribution in [2.45, 2.75) is 25.3 Å². The SMILES string of the molecule is CN(CC1CCCN1C)c1ccc(CCN)cc1F. The molecule has 0 amide bonds. The summed E-state index contributed by atoms with van der Waals surface area (Å²) < 4.78 is 14.1. The first-order valence-corrected chi connectivity index (χ1v) is 7.01. The Balaban J connectivity index is 2.04. The summed E-state index contributed by atoms with van der Waals surface area (Å²) >= 11 is 0. The lowest BCUT2D eigenvalue weighted by atomic mass is 10.1. The highest BCUT2D eigenvalue weighted by atomic mass is 19.1. The summed E-state index contributed by atoms with van der Waals surface area (Å²) in [6.45, 7) is 2.58. The molecule has 1 saturated heterocycles. The van der Waals surface area contributed by atoms with Gasteiger partial charge in [0, 0.05) is 19.6 Å². The Morgan fingerprint density at radius 2 is 2.26 bits per heavy atom. The second kappa shape index (κ2) is 6.35. The van der Waals surface area contributed by atoms with Crippen molar-refractivity contribution >= 4 is 5.69 Å². The minimum atomic E-state index is -0.144. The zero-order valence-electron chi connectivity index (χ0n) is 11.9. The Labute approximate surface area is 115 Å². The largest absolute Gasteiger partial charge is 0.371 e. The van der Waals surface area contributed by atoms with E-state index in [1.54, 1.807) is 6.07 Å². The molecule has 19 heavy (non-hydrogen) atoms. The molecule has 0 bridgehead atoms. The molecule has 0 radical (unpaired) electrons. The van der Waals surface area contributed by atoms with Crippen molar-refractivity contribution < 1.29 is 4.39 Å². The Hall–Kier alpha value is -1.13. The fraction of sp³-hybridized carbons (Fsp3) is 0.600. The van der Waals surface area contributed by atoms with Crippen molar-refractivity contribution in [2.75, 3.05) is 38.6 Å². The molecule has 4 heteroatoms. The van der Waals surface area contributed by atoms with E-state index in [1.165, 1.54) is 12.8 Å². The summed E-state index contributed by atoms with van der Waals surface area (Å²) in [5.74, 6) is -0.144. The van der Waals surface area contributed by atoms with Crippen LogP contribution in [0, 0.1) is 5.82 Å². The topological polar surface area (TPSA) is 32.5 Å². The molecule has 1 atom stereocenters. The Morgan fingerprint density at radius 3 is 2.84 bits per heavy atom. The molecule has 2 rings (SSSR count). The number of likely N-dealkylation sites (tertiary alicyclic amines) is 1. The number of hydrogen-bond donors (Lipinski definition) is 1. The van der Waals surface area contributed by atoms with Crippen molar-refractivity contribution in [2.24, 2.45) is 5.73 Å². The highest BCUT2D eigenvalue weighted by Crippen LogP contribution is 2.22. The third kappa shape index (κ3) is 3.45. The molecule has 1 unspecified atom stereocenters. The number of nitrogens with two attached hydrogens (primary N) is 1. The lowest BCUT2D eigenvalue weighted by Gasteiger charge is -2.27. The van der Waals surface area contributed by atoms with Crippen LogP contribution in [0.15, 0.2) is 18.2 Å². The average molecular weight is 265 g/mol. The Morgan fingerprint density at radius 1 is 1.47 bits per heavy atom. The quantitative estimate of drug-likeness (QED) is 0.882. The van der Waals surface area contributed by atoms with E-state index >= 15 is 0 Å². The second-order valence-electron chi connectivity index (χ2n) is 5.48. The van der Waals surface area contributed by atoms with Gasteiger partial charge in [-0.1, -0.05) is 6.07 Å². The molecule has 1 heterocycles. The van der Waals surface area contributed by atoms with Gasteiger partial charge in [0.2, 0.25) is 0 Å². The van der Waals surface area contributed by atoms with E-state index in [2.05, 4.69) is 11.9 Å². The maximum Gasteiger partial charge on any atom is 0.146 e. The number of halogens is 1. The number of benzene rings is 1. The van der Waals surface area contributed by atoms with Crippen LogP contribution in [-0.2, 0) is 6.42 Å². The van der Waals surface area contributed by atoms with E-state index < -0.39 is 0 Å². The molecule has 1 fully saturated rings. The minimum Gasteiger partial charge on any atom is -0.371 e. The van der Waals surface area contributed by atoms with Crippen molar-refractivity contribution in [3.05, 3.63) is 29.6 Å². The lowest BCUT2D eigenvalue weighted by molar-refractivity contribution is 0.314. The molecule has 2 N–H and O–H groups in total. The summed E-state index contributed by atoms with van der Waals surface area (Å²) in [6.07, 6.45) is 3.17. The molecule has 1 aliphatic rings. The molecule has 0 saturated carbocycles. The third-order valence-electron chi connectivity index (χ3n) is 4.01. The summed E-state index contributed by atoms with van der Waals surface area (Å²) in [7, 11) is 4.11. The van der Waals surface area contributed by atoms with Crippen LogP contribution in [0.3, 0.4) is 0 Å². The predicted molar refractivity (Wildman–Crippen MR) is 78.1 cm³/mol. The molecule has 0 aliphatic carbocycles. The highest BCUT2D eigenvalue weighted by Gasteiger charge is 2.23. The maximum absolute atomic E-state index is 14.1. The molecule has 1 aliphatic heterocycles. The zero-order valence-corrected chi connectivity index (χ0v) is 11.9. The van der Waals surface area contributed by atoms with Crippen LogP contribution in [0.25, 0.3) is 0 Å². The molecule has 3 nitrogen and oxygen atoms in total. The molecule has 106 valence electrons. The number of hydrogen-bond acceptors (Lipinski definition) is 3. The Bertz CT molecular complexity index is 422. The normalized spacial score (nSPS) is 19.9. The summed E-state index contributed by atoms with van der Waals surface area (Å²) in [5, 5.41) is 0. The van der Waals surface area contributed by atoms with Gasteiger partial charge in [-0.2, -0.15) is 0 Å². The van der Waals surface area contributed by atoms with Crippen molar-refractivity contribution in [1.82, 2.24) is 4.90 Å². The number of rotatable bonds is 5. The zero-order chi connectivity index (χ0) is 13.8. The van der Waals surface area contributed by atoms with Gasteiger partial charge in [0.1, 0.15) is 5.82 Å². The summed E-state index contributed by atoms with van der Waals surface area (Å²) in [6, 6.07) is 5.99. The summed E-state index contributed by atoms with van der Waals surface area (Å²) in [4.78, 5) is 4.38. The molecule has 0 spiro atoms. The first-order valence-electron chi connectivity index (χ1n) is 7.01. The van der Waals surface area contributed by atoms with E-state index in [1.807, 2.05) is 24.1 Å². The molecule has 1 aromatic carbocycles. The van der Waals surface area contributed by atoms with Gasteiger partial charge in [-0.05, 0) is 57.1 Å². The molecule has 0 aromatic heterocycles. The minimum absolute atomic E-state index is 0.144. The number of anilines is 1. The lowest BCUT2D eigenvalue weighted by Crippen LogP contribution is -2.36. The first kappa shape index (κ1) is 14.3. The first-order chi connectivity index (χ1) is 9.11. The molecular weight excluding hydrogens is 241 g/mol. The maximum atomic E-state index is 14.1. The molecular formula is C15H24FN3. The van der Waals surface area contributed by atoms with E-state index in [4.69, 9.17) is 5.73 Å². The smallest absolute Gasteiger partial charge is 0.146 e. The van der Waals surface area contributed by atoms with Gasteiger partial charge in [0.05, 0.1) is 5.69 Å². The van der Waals surface area contributed by atoms with Gasteiger partial charge in [0.15, 0.2) is 0 Å². The molecule has 1 aromatic rings. The van der Waals surface area contributed by atoms with Crippen LogP contribution in [0.2, 0.25) is 0 Å². The van der Waals surface area contributed by atoms with Gasteiger partial charge >= 0.3 is 0 Å². The van der Waals surface area contributed by atoms with E-state index in [0.717, 1.165) is 25.1 Å². The monoisotopic (exact) mass is 265 g/mol. The van der Waals surface area contributed by atoms with Crippen LogP contribution < -0.4 is 10.6 Å². The van der Waals surface area contributed by atoms with Gasteiger partial charge in [-0.15, -0.1) is 0 Å². The highest BCUT2D eigenvalue weighted by molar-refractivity contribution is 5.48. The second-order valence-corrected chi connectivity index (χ2v) is 5.48. The van der Waals surface area contributed by atoms with Crippen molar-refractivity contribution in [1.29, 1.82) is 0 Å². The van der Waals surface area contributed by atoms with Gasteiger partial charge in [-0.3, -0.25) is 0 Å². The van der Waals surface area contributed by atoms with Gasteiger partial charge in [0.25, 0.3) is 0 Å². The number of nitrogens with zero attached hydrogens (tertiary/aromatic N) is 2. The fourth-order valence-electron chi connectivity index (χ4n) is 2.81. The summed E-state index contributed by atoms with van der Waals surface area (Å²) in [5.41, 5.74) is 7.14. The predicted octanol–water partition coefficient (Wildman–Crippen LogP) is 1.86. The standard InChI is InChI=1S/C15H24FN3/c1-18-9-3-4-13(18)11-19(2)15-6-5-12(7-8-17)10-14(15)16/h5-6,10,13H,3-4,7-9,11,17H2,1-2H3. The Kier molecular flexibility index (Phi) is 4.77. The van der Waals surface area contributed by atoms with Gasteiger partial charge in [-0.25, -0.2) is 4.39 Å². The third-order valence-corrected chi connectivity index (χ3v) is 4.01. The van der Waals surface area contributed by atoms with Gasteiger partial charge < -0.3 is 15.5 Å². The van der Waals surface area contributed by atoms with Crippen LogP contribution in [0.4, 0.5) is 10.1 Å². The number of likely N-dealkylation sites (N-methyl/N-ethyl adjacent to an activating group) is 2. The van der Waals surface area contributed by atoms with Crippen LogP contribution in [-0.4, -0.2) is 44.7 Å². The van der Waals surface area contributed by atoms with Crippen molar-refractivity contribution in [3.8, 4) is 0 Å². The van der Waals surface area contributed by atoms with Crippen LogP contribution in [0.5, 0.6) is 0 Å². The van der Waals surface area contributed by atoms with Crippen LogP contribution in [0.1, 0.15) is 18.4 Å². The van der Waals surface area contributed by atoms with E-state index in [0.29, 0.717) is 18.3 Å². The fourth-order valence-corrected chi connectivity index (χ4v) is 2.81. The average Bonchev–Trinajstić information content (AvgIpc) is 2.75. The van der Waals surface area contributed by atoms with E-state index in [-0.39, 0.29) is 5.82 Å². The van der Waals surface area contributed by atoms with Crippen LogP contribution >= 0.6 is 0 Å². The van der Waals surface area contributed by atoms with E-state index in [9.17, 15) is 4.39 Å².